The maximum Gasteiger partial charge on any atom is 0.253 e. The van der Waals surface area contributed by atoms with E-state index in [4.69, 9.17) is 14.5 Å². The lowest BCUT2D eigenvalue weighted by Crippen LogP contribution is -2.26. The number of aromatic nitrogens is 3. The number of ether oxygens (including phenoxy) is 2. The third-order valence-corrected chi connectivity index (χ3v) is 5.56. The van der Waals surface area contributed by atoms with E-state index < -0.39 is 0 Å². The predicted octanol–water partition coefficient (Wildman–Crippen LogP) is 4.28. The highest BCUT2D eigenvalue weighted by molar-refractivity contribution is 6.08. The standard InChI is InChI=1S/C27H29N5O4/c1-4-32-25-23(27(34)29-12-7-13-36-22-10-6-11-28-17-22)15-20(30-18(2)33)16-24(25)31-26(32)19-8-5-9-21(14-19)35-3/h5-6,8-11,14-17H,4,7,12-13H2,1-3H3,(H,29,34)(H,30,33). The first-order valence-electron chi connectivity index (χ1n) is 11.8. The zero-order valence-electron chi connectivity index (χ0n) is 20.6. The molecule has 0 radical (unpaired) electrons. The number of aryl methyl sites for hydroxylation is 1. The third kappa shape index (κ3) is 5.63. The minimum atomic E-state index is -0.250. The van der Waals surface area contributed by atoms with Crippen LogP contribution in [0.3, 0.4) is 0 Å². The van der Waals surface area contributed by atoms with E-state index in [9.17, 15) is 9.59 Å². The molecule has 4 rings (SSSR count). The van der Waals surface area contributed by atoms with Gasteiger partial charge in [-0.1, -0.05) is 12.1 Å². The topological polar surface area (TPSA) is 107 Å². The molecule has 0 saturated heterocycles. The van der Waals surface area contributed by atoms with Crippen molar-refractivity contribution < 1.29 is 19.1 Å². The van der Waals surface area contributed by atoms with Gasteiger partial charge >= 0.3 is 0 Å². The van der Waals surface area contributed by atoms with Crippen molar-refractivity contribution in [2.45, 2.75) is 26.8 Å². The van der Waals surface area contributed by atoms with Crippen molar-refractivity contribution in [3.63, 3.8) is 0 Å². The first-order chi connectivity index (χ1) is 17.5. The molecule has 9 nitrogen and oxygen atoms in total. The van der Waals surface area contributed by atoms with Crippen molar-refractivity contribution in [2.24, 2.45) is 0 Å². The van der Waals surface area contributed by atoms with E-state index in [0.717, 1.165) is 5.56 Å². The third-order valence-electron chi connectivity index (χ3n) is 5.56. The number of anilines is 1. The Balaban J connectivity index is 1.62. The Morgan fingerprint density at radius 1 is 1.08 bits per heavy atom. The van der Waals surface area contributed by atoms with Crippen LogP contribution in [0.25, 0.3) is 22.4 Å². The Labute approximate surface area is 209 Å². The highest BCUT2D eigenvalue weighted by Crippen LogP contribution is 2.31. The minimum absolute atomic E-state index is 0.226. The fourth-order valence-electron chi connectivity index (χ4n) is 4.00. The molecule has 2 aromatic carbocycles. The summed E-state index contributed by atoms with van der Waals surface area (Å²) in [4.78, 5) is 33.9. The Morgan fingerprint density at radius 2 is 1.92 bits per heavy atom. The van der Waals surface area contributed by atoms with Crippen LogP contribution in [0.1, 0.15) is 30.6 Å². The van der Waals surface area contributed by atoms with E-state index in [0.29, 0.717) is 65.7 Å². The van der Waals surface area contributed by atoms with Crippen LogP contribution in [0, 0.1) is 0 Å². The average molecular weight is 488 g/mol. The van der Waals surface area contributed by atoms with Crippen molar-refractivity contribution >= 4 is 28.5 Å². The summed E-state index contributed by atoms with van der Waals surface area (Å²) in [5, 5.41) is 5.75. The molecule has 9 heteroatoms. The number of fused-ring (bicyclic) bond motifs is 1. The number of benzene rings is 2. The number of hydrogen-bond acceptors (Lipinski definition) is 6. The summed E-state index contributed by atoms with van der Waals surface area (Å²) in [6.45, 7) is 4.90. The van der Waals surface area contributed by atoms with E-state index in [1.807, 2.05) is 41.8 Å². The van der Waals surface area contributed by atoms with Gasteiger partial charge in [0, 0.05) is 37.5 Å². The molecule has 2 aromatic heterocycles. The van der Waals surface area contributed by atoms with Gasteiger partial charge in [-0.25, -0.2) is 4.98 Å². The quantitative estimate of drug-likeness (QED) is 0.323. The number of pyridine rings is 1. The van der Waals surface area contributed by atoms with Crippen LogP contribution in [-0.4, -0.2) is 46.6 Å². The maximum atomic E-state index is 13.3. The van der Waals surface area contributed by atoms with Crippen LogP contribution in [0.5, 0.6) is 11.5 Å². The summed E-state index contributed by atoms with van der Waals surface area (Å²) in [6, 6.07) is 14.7. The summed E-state index contributed by atoms with van der Waals surface area (Å²) in [5.41, 5.74) is 3.14. The zero-order chi connectivity index (χ0) is 25.5. The molecule has 0 aliphatic rings. The van der Waals surface area contributed by atoms with Crippen molar-refractivity contribution in [1.29, 1.82) is 0 Å². The largest absolute Gasteiger partial charge is 0.497 e. The average Bonchev–Trinajstić information content (AvgIpc) is 3.26. The van der Waals surface area contributed by atoms with E-state index in [1.54, 1.807) is 37.7 Å². The molecule has 36 heavy (non-hydrogen) atoms. The summed E-state index contributed by atoms with van der Waals surface area (Å²) >= 11 is 0. The molecule has 0 atom stereocenters. The number of carbonyl (C=O) groups is 2. The SMILES string of the molecule is CCn1c(-c2cccc(OC)c2)nc2cc(NC(C)=O)cc(C(=O)NCCCOc3cccnc3)c21. The number of rotatable bonds is 10. The second-order valence-corrected chi connectivity index (χ2v) is 8.13. The Bertz CT molecular complexity index is 1370. The Morgan fingerprint density at radius 3 is 2.64 bits per heavy atom. The van der Waals surface area contributed by atoms with Gasteiger partial charge in [-0.15, -0.1) is 0 Å². The molecule has 0 spiro atoms. The number of methoxy groups -OCH3 is 1. The first kappa shape index (κ1) is 24.7. The summed E-state index contributed by atoms with van der Waals surface area (Å²) in [5.74, 6) is 1.64. The maximum absolute atomic E-state index is 13.3. The van der Waals surface area contributed by atoms with Gasteiger partial charge in [0.1, 0.15) is 17.3 Å². The molecule has 0 aliphatic carbocycles. The molecule has 2 heterocycles. The minimum Gasteiger partial charge on any atom is -0.497 e. The molecule has 0 aliphatic heterocycles. The predicted molar refractivity (Wildman–Crippen MR) is 138 cm³/mol. The Kier molecular flexibility index (Phi) is 7.79. The zero-order valence-corrected chi connectivity index (χ0v) is 20.6. The summed E-state index contributed by atoms with van der Waals surface area (Å²) in [7, 11) is 1.62. The van der Waals surface area contributed by atoms with Crippen LogP contribution in [0.2, 0.25) is 0 Å². The van der Waals surface area contributed by atoms with Gasteiger partial charge in [0.15, 0.2) is 0 Å². The van der Waals surface area contributed by atoms with Gasteiger partial charge in [-0.2, -0.15) is 0 Å². The van der Waals surface area contributed by atoms with Gasteiger partial charge in [0.2, 0.25) is 5.91 Å². The number of hydrogen-bond donors (Lipinski definition) is 2. The van der Waals surface area contributed by atoms with Crippen LogP contribution in [-0.2, 0) is 11.3 Å². The molecule has 2 amide bonds. The highest BCUT2D eigenvalue weighted by Gasteiger charge is 2.20. The van der Waals surface area contributed by atoms with Crippen LogP contribution < -0.4 is 20.1 Å². The fraction of sp³-hybridized carbons (Fsp3) is 0.259. The number of nitrogens with zero attached hydrogens (tertiary/aromatic N) is 3. The van der Waals surface area contributed by atoms with Gasteiger partial charge in [0.25, 0.3) is 5.91 Å². The number of imidazole rings is 1. The molecular formula is C27H29N5O4. The summed E-state index contributed by atoms with van der Waals surface area (Å²) < 4.78 is 13.0. The van der Waals surface area contributed by atoms with E-state index in [1.165, 1.54) is 6.92 Å². The second kappa shape index (κ2) is 11.4. The Hall–Kier alpha value is -4.40. The van der Waals surface area contributed by atoms with Crippen LogP contribution >= 0.6 is 0 Å². The van der Waals surface area contributed by atoms with Crippen molar-refractivity contribution in [2.75, 3.05) is 25.6 Å². The lowest BCUT2D eigenvalue weighted by Gasteiger charge is -2.12. The monoisotopic (exact) mass is 487 g/mol. The first-order valence-corrected chi connectivity index (χ1v) is 11.8. The molecule has 0 saturated carbocycles. The van der Waals surface area contributed by atoms with E-state index >= 15 is 0 Å². The van der Waals surface area contributed by atoms with Gasteiger partial charge in [0.05, 0.1) is 36.5 Å². The number of nitrogens with one attached hydrogen (secondary N) is 2. The van der Waals surface area contributed by atoms with E-state index in [2.05, 4.69) is 15.6 Å². The molecule has 2 N–H and O–H groups in total. The van der Waals surface area contributed by atoms with Crippen molar-refractivity contribution in [3.8, 4) is 22.9 Å². The van der Waals surface area contributed by atoms with Crippen LogP contribution in [0.15, 0.2) is 60.9 Å². The number of amides is 2. The highest BCUT2D eigenvalue weighted by atomic mass is 16.5. The van der Waals surface area contributed by atoms with Crippen molar-refractivity contribution in [3.05, 3.63) is 66.5 Å². The molecule has 186 valence electrons. The molecule has 0 unspecified atom stereocenters. The lowest BCUT2D eigenvalue weighted by molar-refractivity contribution is -0.114. The van der Waals surface area contributed by atoms with Gasteiger partial charge < -0.3 is 24.7 Å². The smallest absolute Gasteiger partial charge is 0.253 e. The number of carbonyl (C=O) groups excluding carboxylic acids is 2. The molecule has 4 aromatic rings. The molecular weight excluding hydrogens is 458 g/mol. The lowest BCUT2D eigenvalue weighted by atomic mass is 10.1. The van der Waals surface area contributed by atoms with Gasteiger partial charge in [-0.05, 0) is 49.7 Å². The van der Waals surface area contributed by atoms with Crippen LogP contribution in [0.4, 0.5) is 5.69 Å². The molecule has 0 bridgehead atoms. The second-order valence-electron chi connectivity index (χ2n) is 8.13. The fourth-order valence-corrected chi connectivity index (χ4v) is 4.00. The normalized spacial score (nSPS) is 10.8. The van der Waals surface area contributed by atoms with Gasteiger partial charge in [-0.3, -0.25) is 14.6 Å². The summed E-state index contributed by atoms with van der Waals surface area (Å²) in [6.07, 6.45) is 3.95. The molecule has 0 fully saturated rings. The van der Waals surface area contributed by atoms with Crippen molar-refractivity contribution in [1.82, 2.24) is 19.9 Å². The van der Waals surface area contributed by atoms with E-state index in [-0.39, 0.29) is 11.8 Å².